The Bertz CT molecular complexity index is 1130. The number of hydrogen-bond acceptors (Lipinski definition) is 7. The van der Waals surface area contributed by atoms with E-state index in [0.29, 0.717) is 48.3 Å². The SMILES string of the molecule is CCOc1cc(/C=C(\C#N)C(=O)NCc2ccc3c(c2)OCO3)ccc1OCC(=O)N(CC)CC. The molecule has 1 aliphatic rings. The lowest BCUT2D eigenvalue weighted by molar-refractivity contribution is -0.133. The zero-order chi connectivity index (χ0) is 25.2. The smallest absolute Gasteiger partial charge is 0.262 e. The lowest BCUT2D eigenvalue weighted by Crippen LogP contribution is -2.34. The van der Waals surface area contributed by atoms with Crippen molar-refractivity contribution in [3.05, 3.63) is 53.1 Å². The van der Waals surface area contributed by atoms with E-state index < -0.39 is 5.91 Å². The minimum atomic E-state index is -0.506. The molecule has 35 heavy (non-hydrogen) atoms. The zero-order valence-electron chi connectivity index (χ0n) is 20.1. The highest BCUT2D eigenvalue weighted by molar-refractivity contribution is 6.01. The molecule has 0 atom stereocenters. The second-order valence-corrected chi connectivity index (χ2v) is 7.53. The Labute approximate surface area is 204 Å². The number of carbonyl (C=O) groups is 2. The van der Waals surface area contributed by atoms with Crippen LogP contribution in [0.3, 0.4) is 0 Å². The lowest BCUT2D eigenvalue weighted by Gasteiger charge is -2.19. The highest BCUT2D eigenvalue weighted by atomic mass is 16.7. The molecule has 0 fully saturated rings. The van der Waals surface area contributed by atoms with E-state index in [1.54, 1.807) is 35.2 Å². The summed E-state index contributed by atoms with van der Waals surface area (Å²) in [6.45, 7) is 7.54. The van der Waals surface area contributed by atoms with Crippen LogP contribution in [0.15, 0.2) is 42.0 Å². The summed E-state index contributed by atoms with van der Waals surface area (Å²) in [4.78, 5) is 26.5. The van der Waals surface area contributed by atoms with Gasteiger partial charge in [-0.3, -0.25) is 9.59 Å². The third-order valence-corrected chi connectivity index (χ3v) is 5.30. The van der Waals surface area contributed by atoms with Gasteiger partial charge in [0.15, 0.2) is 29.6 Å². The van der Waals surface area contributed by atoms with Crippen LogP contribution < -0.4 is 24.3 Å². The molecule has 0 spiro atoms. The van der Waals surface area contributed by atoms with Crippen molar-refractivity contribution in [3.63, 3.8) is 0 Å². The molecule has 2 aromatic carbocycles. The number of nitrogens with zero attached hydrogens (tertiary/aromatic N) is 2. The number of ether oxygens (including phenoxy) is 4. The normalized spacial score (nSPS) is 12.0. The van der Waals surface area contributed by atoms with E-state index in [0.717, 1.165) is 5.56 Å². The van der Waals surface area contributed by atoms with E-state index in [1.165, 1.54) is 6.08 Å². The van der Waals surface area contributed by atoms with E-state index >= 15 is 0 Å². The van der Waals surface area contributed by atoms with Crippen LogP contribution in [0, 0.1) is 11.3 Å². The first-order valence-electron chi connectivity index (χ1n) is 11.4. The fourth-order valence-electron chi connectivity index (χ4n) is 3.45. The van der Waals surface area contributed by atoms with E-state index in [2.05, 4.69) is 5.32 Å². The molecule has 0 saturated heterocycles. The number of fused-ring (bicyclic) bond motifs is 1. The molecule has 0 radical (unpaired) electrons. The summed E-state index contributed by atoms with van der Waals surface area (Å²) in [6, 6.07) is 12.4. The predicted molar refractivity (Wildman–Crippen MR) is 129 cm³/mol. The van der Waals surface area contributed by atoms with Gasteiger partial charge in [-0.2, -0.15) is 5.26 Å². The Morgan fingerprint density at radius 2 is 1.83 bits per heavy atom. The van der Waals surface area contributed by atoms with Crippen LogP contribution in [0.1, 0.15) is 31.9 Å². The van der Waals surface area contributed by atoms with Crippen molar-refractivity contribution in [2.24, 2.45) is 0 Å². The second-order valence-electron chi connectivity index (χ2n) is 7.53. The Hall–Kier alpha value is -4.19. The molecule has 0 saturated carbocycles. The number of nitrogens with one attached hydrogen (secondary N) is 1. The van der Waals surface area contributed by atoms with Crippen molar-refractivity contribution in [2.75, 3.05) is 33.1 Å². The molecule has 1 heterocycles. The van der Waals surface area contributed by atoms with Gasteiger partial charge >= 0.3 is 0 Å². The van der Waals surface area contributed by atoms with Gasteiger partial charge in [-0.25, -0.2) is 0 Å². The number of benzene rings is 2. The van der Waals surface area contributed by atoms with Gasteiger partial charge in [0, 0.05) is 19.6 Å². The highest BCUT2D eigenvalue weighted by Crippen LogP contribution is 2.32. The number of likely N-dealkylation sites (N-methyl/N-ethyl adjacent to an activating group) is 1. The first-order valence-corrected chi connectivity index (χ1v) is 11.4. The monoisotopic (exact) mass is 479 g/mol. The summed E-state index contributed by atoms with van der Waals surface area (Å²) in [5.74, 6) is 1.49. The van der Waals surface area contributed by atoms with Gasteiger partial charge < -0.3 is 29.2 Å². The summed E-state index contributed by atoms with van der Waals surface area (Å²) in [5.41, 5.74) is 1.35. The summed E-state index contributed by atoms with van der Waals surface area (Å²) in [7, 11) is 0. The van der Waals surface area contributed by atoms with Crippen molar-refractivity contribution in [2.45, 2.75) is 27.3 Å². The molecule has 9 heteroatoms. The van der Waals surface area contributed by atoms with Gasteiger partial charge in [-0.15, -0.1) is 0 Å². The van der Waals surface area contributed by atoms with Crippen LogP contribution in [-0.2, 0) is 16.1 Å². The molecule has 1 N–H and O–H groups in total. The Balaban J connectivity index is 1.68. The molecule has 9 nitrogen and oxygen atoms in total. The van der Waals surface area contributed by atoms with Gasteiger partial charge in [0.2, 0.25) is 6.79 Å². The fourth-order valence-corrected chi connectivity index (χ4v) is 3.45. The van der Waals surface area contributed by atoms with Crippen LogP contribution in [0.4, 0.5) is 0 Å². The molecule has 184 valence electrons. The minimum Gasteiger partial charge on any atom is -0.490 e. The van der Waals surface area contributed by atoms with Gasteiger partial charge in [0.1, 0.15) is 11.6 Å². The molecular weight excluding hydrogens is 450 g/mol. The van der Waals surface area contributed by atoms with Crippen molar-refractivity contribution < 1.29 is 28.5 Å². The van der Waals surface area contributed by atoms with Crippen LogP contribution in [-0.4, -0.2) is 49.8 Å². The average molecular weight is 480 g/mol. The van der Waals surface area contributed by atoms with Crippen molar-refractivity contribution in [3.8, 4) is 29.1 Å². The first-order chi connectivity index (χ1) is 17.0. The van der Waals surface area contributed by atoms with Crippen LogP contribution in [0.5, 0.6) is 23.0 Å². The maximum Gasteiger partial charge on any atom is 0.262 e. The second kappa shape index (κ2) is 12.3. The maximum absolute atomic E-state index is 12.6. The van der Waals surface area contributed by atoms with E-state index in [9.17, 15) is 14.9 Å². The van der Waals surface area contributed by atoms with Crippen LogP contribution in [0.2, 0.25) is 0 Å². The van der Waals surface area contributed by atoms with Gasteiger partial charge in [-0.05, 0) is 62.2 Å². The molecule has 3 rings (SSSR count). The van der Waals surface area contributed by atoms with Gasteiger partial charge in [-0.1, -0.05) is 12.1 Å². The predicted octanol–water partition coefficient (Wildman–Crippen LogP) is 3.28. The van der Waals surface area contributed by atoms with Crippen LogP contribution >= 0.6 is 0 Å². The topological polar surface area (TPSA) is 110 Å². The molecule has 0 unspecified atom stereocenters. The van der Waals surface area contributed by atoms with Crippen molar-refractivity contribution >= 4 is 17.9 Å². The van der Waals surface area contributed by atoms with Crippen molar-refractivity contribution in [1.82, 2.24) is 10.2 Å². The number of hydrogen-bond donors (Lipinski definition) is 1. The van der Waals surface area contributed by atoms with E-state index in [4.69, 9.17) is 18.9 Å². The first kappa shape index (κ1) is 25.4. The molecule has 2 amide bonds. The summed E-state index contributed by atoms with van der Waals surface area (Å²) < 4.78 is 22.0. The molecule has 0 aliphatic carbocycles. The van der Waals surface area contributed by atoms with E-state index in [1.807, 2.05) is 32.9 Å². The quantitative estimate of drug-likeness (QED) is 0.389. The highest BCUT2D eigenvalue weighted by Gasteiger charge is 2.16. The van der Waals surface area contributed by atoms with Gasteiger partial charge in [0.25, 0.3) is 11.8 Å². The number of rotatable bonds is 11. The Kier molecular flexibility index (Phi) is 8.95. The van der Waals surface area contributed by atoms with Crippen molar-refractivity contribution in [1.29, 1.82) is 5.26 Å². The number of carbonyl (C=O) groups excluding carboxylic acids is 2. The molecule has 0 aromatic heterocycles. The third kappa shape index (κ3) is 6.67. The Morgan fingerprint density at radius 1 is 1.06 bits per heavy atom. The summed E-state index contributed by atoms with van der Waals surface area (Å²) >= 11 is 0. The van der Waals surface area contributed by atoms with Crippen LogP contribution in [0.25, 0.3) is 6.08 Å². The maximum atomic E-state index is 12.6. The molecule has 2 aromatic rings. The molecule has 1 aliphatic heterocycles. The zero-order valence-corrected chi connectivity index (χ0v) is 20.1. The average Bonchev–Trinajstić information content (AvgIpc) is 3.34. The molecule has 0 bridgehead atoms. The van der Waals surface area contributed by atoms with E-state index in [-0.39, 0.29) is 31.4 Å². The Morgan fingerprint density at radius 3 is 2.54 bits per heavy atom. The lowest BCUT2D eigenvalue weighted by atomic mass is 10.1. The number of amides is 2. The standard InChI is InChI=1S/C26H29N3O6/c1-4-29(5-2)25(30)16-33-21-9-7-18(12-23(21)32-6-3)11-20(14-27)26(31)28-15-19-8-10-22-24(13-19)35-17-34-22/h7-13H,4-6,15-17H2,1-3H3,(H,28,31)/b20-11+. The number of nitriles is 1. The summed E-state index contributed by atoms with van der Waals surface area (Å²) in [6.07, 6.45) is 1.47. The largest absolute Gasteiger partial charge is 0.490 e. The minimum absolute atomic E-state index is 0.0569. The fraction of sp³-hybridized carbons (Fsp3) is 0.346. The summed E-state index contributed by atoms with van der Waals surface area (Å²) in [5, 5.41) is 12.3. The third-order valence-electron chi connectivity index (χ3n) is 5.30. The van der Waals surface area contributed by atoms with Gasteiger partial charge in [0.05, 0.1) is 6.61 Å². The molecular formula is C26H29N3O6.